The number of anilines is 1. The third kappa shape index (κ3) is 3.00. The molecule has 0 amide bonds. The molecule has 0 radical (unpaired) electrons. The summed E-state index contributed by atoms with van der Waals surface area (Å²) in [6, 6.07) is 4.47. The van der Waals surface area contributed by atoms with E-state index in [9.17, 15) is 9.18 Å². The Morgan fingerprint density at radius 1 is 1.41 bits per heavy atom. The van der Waals surface area contributed by atoms with Crippen LogP contribution in [-0.4, -0.2) is 35.6 Å². The molecule has 1 aliphatic rings. The van der Waals surface area contributed by atoms with Crippen molar-refractivity contribution in [2.24, 2.45) is 5.92 Å². The standard InChI is InChI=1S/C16H18FN3O2/c1-2-22-15(21)11-5-7-20(8-6-11)16-18-10-12-9-13(17)3-4-14(12)19-16/h3-4,9-11H,2,5-8H2,1H3. The summed E-state index contributed by atoms with van der Waals surface area (Å²) >= 11 is 0. The molecule has 1 fully saturated rings. The van der Waals surface area contributed by atoms with Gasteiger partial charge < -0.3 is 9.64 Å². The molecule has 1 aromatic carbocycles. The number of rotatable bonds is 3. The van der Waals surface area contributed by atoms with Gasteiger partial charge in [0.1, 0.15) is 5.82 Å². The second kappa shape index (κ2) is 6.25. The summed E-state index contributed by atoms with van der Waals surface area (Å²) in [6.07, 6.45) is 3.12. The zero-order valence-corrected chi connectivity index (χ0v) is 12.5. The number of fused-ring (bicyclic) bond motifs is 1. The van der Waals surface area contributed by atoms with Crippen LogP contribution < -0.4 is 4.90 Å². The van der Waals surface area contributed by atoms with Gasteiger partial charge in [-0.05, 0) is 38.0 Å². The Bertz CT molecular complexity index is 684. The van der Waals surface area contributed by atoms with Crippen LogP contribution in [0.1, 0.15) is 19.8 Å². The molecule has 22 heavy (non-hydrogen) atoms. The Labute approximate surface area is 128 Å². The van der Waals surface area contributed by atoms with E-state index in [1.807, 2.05) is 6.92 Å². The molecule has 0 atom stereocenters. The molecule has 1 saturated heterocycles. The fourth-order valence-electron chi connectivity index (χ4n) is 2.72. The van der Waals surface area contributed by atoms with Gasteiger partial charge in [-0.2, -0.15) is 0 Å². The normalized spacial score (nSPS) is 16.0. The van der Waals surface area contributed by atoms with Crippen LogP contribution in [0.25, 0.3) is 10.9 Å². The van der Waals surface area contributed by atoms with Crippen molar-refractivity contribution in [2.75, 3.05) is 24.6 Å². The van der Waals surface area contributed by atoms with Crippen molar-refractivity contribution < 1.29 is 13.9 Å². The van der Waals surface area contributed by atoms with E-state index in [0.29, 0.717) is 17.9 Å². The molecule has 0 aliphatic carbocycles. The monoisotopic (exact) mass is 303 g/mol. The lowest BCUT2D eigenvalue weighted by Gasteiger charge is -2.30. The second-order valence-corrected chi connectivity index (χ2v) is 5.39. The summed E-state index contributed by atoms with van der Waals surface area (Å²) < 4.78 is 18.2. The molecule has 0 spiro atoms. The van der Waals surface area contributed by atoms with E-state index in [0.717, 1.165) is 31.4 Å². The smallest absolute Gasteiger partial charge is 0.309 e. The van der Waals surface area contributed by atoms with Crippen LogP contribution in [0.15, 0.2) is 24.4 Å². The summed E-state index contributed by atoms with van der Waals surface area (Å²) in [5.74, 6) is 0.184. The first-order valence-corrected chi connectivity index (χ1v) is 7.51. The number of benzene rings is 1. The Morgan fingerprint density at radius 3 is 2.91 bits per heavy atom. The second-order valence-electron chi connectivity index (χ2n) is 5.39. The highest BCUT2D eigenvalue weighted by Gasteiger charge is 2.27. The lowest BCUT2D eigenvalue weighted by Crippen LogP contribution is -2.37. The fraction of sp³-hybridized carbons (Fsp3) is 0.438. The Hall–Kier alpha value is -2.24. The minimum Gasteiger partial charge on any atom is -0.466 e. The fourth-order valence-corrected chi connectivity index (χ4v) is 2.72. The maximum atomic E-state index is 13.2. The van der Waals surface area contributed by atoms with E-state index in [-0.39, 0.29) is 17.7 Å². The maximum absolute atomic E-state index is 13.2. The molecule has 2 aromatic rings. The molecule has 5 nitrogen and oxygen atoms in total. The number of ether oxygens (including phenoxy) is 1. The topological polar surface area (TPSA) is 55.3 Å². The SMILES string of the molecule is CCOC(=O)C1CCN(c2ncc3cc(F)ccc3n2)CC1. The minimum atomic E-state index is -0.292. The molecule has 0 bridgehead atoms. The first kappa shape index (κ1) is 14.7. The van der Waals surface area contributed by atoms with Crippen LogP contribution >= 0.6 is 0 Å². The molecule has 6 heteroatoms. The molecule has 0 unspecified atom stereocenters. The molecule has 0 saturated carbocycles. The van der Waals surface area contributed by atoms with Crippen molar-refractivity contribution in [3.05, 3.63) is 30.2 Å². The number of hydrogen-bond donors (Lipinski definition) is 0. The molecular weight excluding hydrogens is 285 g/mol. The third-order valence-corrected chi connectivity index (χ3v) is 3.93. The van der Waals surface area contributed by atoms with Crippen LogP contribution in [0, 0.1) is 11.7 Å². The first-order chi connectivity index (χ1) is 10.7. The van der Waals surface area contributed by atoms with Gasteiger partial charge in [-0.1, -0.05) is 0 Å². The van der Waals surface area contributed by atoms with Gasteiger partial charge in [0.25, 0.3) is 0 Å². The first-order valence-electron chi connectivity index (χ1n) is 7.51. The number of nitrogens with zero attached hydrogens (tertiary/aromatic N) is 3. The largest absolute Gasteiger partial charge is 0.466 e. The zero-order valence-electron chi connectivity index (χ0n) is 12.5. The van der Waals surface area contributed by atoms with Gasteiger partial charge >= 0.3 is 5.97 Å². The van der Waals surface area contributed by atoms with Crippen molar-refractivity contribution >= 4 is 22.8 Å². The highest BCUT2D eigenvalue weighted by atomic mass is 19.1. The van der Waals surface area contributed by atoms with Crippen molar-refractivity contribution in [3.63, 3.8) is 0 Å². The average molecular weight is 303 g/mol. The van der Waals surface area contributed by atoms with Gasteiger partial charge in [-0.25, -0.2) is 14.4 Å². The molecule has 116 valence electrons. The Balaban J connectivity index is 1.71. The molecule has 0 N–H and O–H groups in total. The lowest BCUT2D eigenvalue weighted by atomic mass is 9.97. The van der Waals surface area contributed by atoms with Crippen LogP contribution in [0.4, 0.5) is 10.3 Å². The molecule has 2 heterocycles. The van der Waals surface area contributed by atoms with Crippen molar-refractivity contribution in [2.45, 2.75) is 19.8 Å². The van der Waals surface area contributed by atoms with Gasteiger partial charge in [0.2, 0.25) is 5.95 Å². The summed E-state index contributed by atoms with van der Waals surface area (Å²) in [7, 11) is 0. The predicted octanol–water partition coefficient (Wildman–Crippen LogP) is 2.55. The Kier molecular flexibility index (Phi) is 4.18. The number of hydrogen-bond acceptors (Lipinski definition) is 5. The van der Waals surface area contributed by atoms with E-state index in [1.165, 1.54) is 12.1 Å². The highest BCUT2D eigenvalue weighted by molar-refractivity contribution is 5.78. The number of halogens is 1. The zero-order chi connectivity index (χ0) is 15.5. The van der Waals surface area contributed by atoms with Gasteiger partial charge in [-0.15, -0.1) is 0 Å². The van der Waals surface area contributed by atoms with E-state index in [4.69, 9.17) is 4.74 Å². The van der Waals surface area contributed by atoms with E-state index in [1.54, 1.807) is 12.3 Å². The van der Waals surface area contributed by atoms with Crippen LogP contribution in [0.5, 0.6) is 0 Å². The summed E-state index contributed by atoms with van der Waals surface area (Å²) in [5.41, 5.74) is 0.721. The van der Waals surface area contributed by atoms with Gasteiger partial charge in [0, 0.05) is 24.7 Å². The summed E-state index contributed by atoms with van der Waals surface area (Å²) in [6.45, 7) is 3.68. The van der Waals surface area contributed by atoms with E-state index >= 15 is 0 Å². The molecule has 1 aliphatic heterocycles. The minimum absolute atomic E-state index is 0.0363. The molecular formula is C16H18FN3O2. The van der Waals surface area contributed by atoms with Crippen LogP contribution in [-0.2, 0) is 9.53 Å². The summed E-state index contributed by atoms with van der Waals surface area (Å²) in [4.78, 5) is 22.6. The summed E-state index contributed by atoms with van der Waals surface area (Å²) in [5, 5.41) is 0.685. The van der Waals surface area contributed by atoms with Crippen molar-refractivity contribution in [3.8, 4) is 0 Å². The van der Waals surface area contributed by atoms with E-state index < -0.39 is 0 Å². The number of esters is 1. The van der Waals surface area contributed by atoms with Crippen molar-refractivity contribution in [1.29, 1.82) is 0 Å². The van der Waals surface area contributed by atoms with Crippen molar-refractivity contribution in [1.82, 2.24) is 9.97 Å². The number of piperidine rings is 1. The lowest BCUT2D eigenvalue weighted by molar-refractivity contribution is -0.148. The molecule has 3 rings (SSSR count). The third-order valence-electron chi connectivity index (χ3n) is 3.93. The van der Waals surface area contributed by atoms with Gasteiger partial charge in [-0.3, -0.25) is 4.79 Å². The Morgan fingerprint density at radius 2 is 2.18 bits per heavy atom. The highest BCUT2D eigenvalue weighted by Crippen LogP contribution is 2.23. The number of aromatic nitrogens is 2. The quantitative estimate of drug-likeness (QED) is 0.816. The maximum Gasteiger partial charge on any atom is 0.309 e. The number of carbonyl (C=O) groups is 1. The van der Waals surface area contributed by atoms with Gasteiger partial charge in [0.15, 0.2) is 0 Å². The van der Waals surface area contributed by atoms with Crippen LogP contribution in [0.2, 0.25) is 0 Å². The van der Waals surface area contributed by atoms with E-state index in [2.05, 4.69) is 14.9 Å². The predicted molar refractivity (Wildman–Crippen MR) is 81.1 cm³/mol. The number of carbonyl (C=O) groups excluding carboxylic acids is 1. The molecule has 1 aromatic heterocycles. The average Bonchev–Trinajstić information content (AvgIpc) is 2.55. The van der Waals surface area contributed by atoms with Crippen LogP contribution in [0.3, 0.4) is 0 Å². The van der Waals surface area contributed by atoms with Gasteiger partial charge in [0.05, 0.1) is 18.0 Å².